The Balaban J connectivity index is 2.27. The number of hydrogen-bond acceptors (Lipinski definition) is 12. The summed E-state index contributed by atoms with van der Waals surface area (Å²) < 4.78 is 85.5. The van der Waals surface area contributed by atoms with Crippen LogP contribution >= 0.6 is 0 Å². The number of rotatable bonds is 14. The number of ether oxygens (including phenoxy) is 5. The van der Waals surface area contributed by atoms with Gasteiger partial charge in [0.05, 0.1) is 39.4 Å². The third-order valence-corrected chi connectivity index (χ3v) is 6.78. The van der Waals surface area contributed by atoms with Crippen LogP contribution in [0.25, 0.3) is 22.3 Å². The molecule has 0 spiro atoms. The smallest absolute Gasteiger partial charge is 0.343 e. The molecule has 0 radical (unpaired) electrons. The Labute approximate surface area is 257 Å². The van der Waals surface area contributed by atoms with Crippen molar-refractivity contribution in [3.05, 3.63) is 60.2 Å². The van der Waals surface area contributed by atoms with Crippen molar-refractivity contribution >= 4 is 26.2 Å². The summed E-state index contributed by atoms with van der Waals surface area (Å²) >= 11 is 0. The molecule has 12 nitrogen and oxygen atoms in total. The molecule has 238 valence electrons. The SMILES string of the molecule is COC(=O)COc1c(OC)c(-c2ccc(OS(C)(=O)=O)cc2)cc(OC)c1-c1ccc(OCC=C(C)C)c(OS(C)(=O)=O)c1. The van der Waals surface area contributed by atoms with Crippen LogP contribution in [-0.2, 0) is 29.8 Å². The standard InChI is InChI=1S/C30H34O12S2/c1-19(2)14-15-39-24-13-10-21(16-25(24)42-44(7,34)35)28-26(36-3)17-23(29(38-5)30(28)40-18-27(31)37-4)20-8-11-22(12-9-20)41-43(6,32)33/h8-14,16-17H,15,18H2,1-7H3. The third kappa shape index (κ3) is 9.28. The molecule has 0 aromatic heterocycles. The number of allylic oxidation sites excluding steroid dienone is 1. The van der Waals surface area contributed by atoms with E-state index >= 15 is 0 Å². The van der Waals surface area contributed by atoms with E-state index in [0.717, 1.165) is 18.1 Å². The van der Waals surface area contributed by atoms with Crippen LogP contribution in [0.4, 0.5) is 0 Å². The summed E-state index contributed by atoms with van der Waals surface area (Å²) in [6.07, 6.45) is 3.67. The molecule has 0 aliphatic carbocycles. The fourth-order valence-corrected chi connectivity index (χ4v) is 4.89. The van der Waals surface area contributed by atoms with E-state index in [1.54, 1.807) is 30.3 Å². The van der Waals surface area contributed by atoms with Gasteiger partial charge in [-0.25, -0.2) is 4.79 Å². The molecule has 44 heavy (non-hydrogen) atoms. The van der Waals surface area contributed by atoms with E-state index in [9.17, 15) is 21.6 Å². The van der Waals surface area contributed by atoms with Crippen LogP contribution in [0, 0.1) is 0 Å². The molecule has 3 rings (SSSR count). The van der Waals surface area contributed by atoms with Crippen molar-refractivity contribution in [3.8, 4) is 56.8 Å². The molecule has 3 aromatic rings. The maximum absolute atomic E-state index is 12.1. The van der Waals surface area contributed by atoms with Crippen molar-refractivity contribution in [2.24, 2.45) is 0 Å². The Morgan fingerprint density at radius 2 is 1.36 bits per heavy atom. The zero-order valence-corrected chi connectivity index (χ0v) is 27.0. The maximum atomic E-state index is 12.1. The molecular weight excluding hydrogens is 616 g/mol. The number of esters is 1. The van der Waals surface area contributed by atoms with Crippen LogP contribution in [0.15, 0.2) is 60.2 Å². The molecule has 3 aromatic carbocycles. The Bertz CT molecular complexity index is 1740. The Hall–Kier alpha value is -4.43. The lowest BCUT2D eigenvalue weighted by atomic mass is 9.96. The summed E-state index contributed by atoms with van der Waals surface area (Å²) in [6, 6.07) is 12.4. The minimum absolute atomic E-state index is 0.0761. The number of carbonyl (C=O) groups excluding carboxylic acids is 1. The van der Waals surface area contributed by atoms with E-state index in [0.29, 0.717) is 22.3 Å². The van der Waals surface area contributed by atoms with Crippen molar-refractivity contribution in [3.63, 3.8) is 0 Å². The van der Waals surface area contributed by atoms with Gasteiger partial charge in [-0.15, -0.1) is 0 Å². The molecule has 0 fully saturated rings. The first-order valence-electron chi connectivity index (χ1n) is 12.9. The van der Waals surface area contributed by atoms with Gasteiger partial charge in [-0.05, 0) is 61.4 Å². The molecule has 0 saturated carbocycles. The summed E-state index contributed by atoms with van der Waals surface area (Å²) in [7, 11) is -3.65. The highest BCUT2D eigenvalue weighted by molar-refractivity contribution is 7.86. The van der Waals surface area contributed by atoms with Gasteiger partial charge in [-0.2, -0.15) is 16.8 Å². The highest BCUT2D eigenvalue weighted by Crippen LogP contribution is 2.51. The molecule has 0 aliphatic rings. The van der Waals surface area contributed by atoms with Crippen LogP contribution in [0.2, 0.25) is 0 Å². The summed E-state index contributed by atoms with van der Waals surface area (Å²) in [5.74, 6) is 0.0501. The predicted octanol–water partition coefficient (Wildman–Crippen LogP) is 4.61. The number of carbonyl (C=O) groups is 1. The van der Waals surface area contributed by atoms with Gasteiger partial charge >= 0.3 is 26.2 Å². The predicted molar refractivity (Wildman–Crippen MR) is 164 cm³/mol. The largest absolute Gasteiger partial charge is 0.496 e. The molecule has 0 saturated heterocycles. The van der Waals surface area contributed by atoms with Gasteiger partial charge in [0, 0.05) is 5.56 Å². The zero-order chi connectivity index (χ0) is 32.7. The van der Waals surface area contributed by atoms with Crippen LogP contribution < -0.4 is 27.3 Å². The van der Waals surface area contributed by atoms with Crippen LogP contribution in [0.1, 0.15) is 13.8 Å². The number of methoxy groups -OCH3 is 3. The van der Waals surface area contributed by atoms with Gasteiger partial charge in [0.1, 0.15) is 18.1 Å². The second-order valence-corrected chi connectivity index (χ2v) is 12.7. The van der Waals surface area contributed by atoms with Crippen LogP contribution in [0.3, 0.4) is 0 Å². The van der Waals surface area contributed by atoms with E-state index in [1.807, 2.05) is 19.9 Å². The van der Waals surface area contributed by atoms with Crippen LogP contribution in [-0.4, -0.2) is 69.9 Å². The number of hydrogen-bond donors (Lipinski definition) is 0. The quantitative estimate of drug-likeness (QED) is 0.136. The normalized spacial score (nSPS) is 11.2. The van der Waals surface area contributed by atoms with Crippen molar-refractivity contribution in [2.75, 3.05) is 47.1 Å². The monoisotopic (exact) mass is 650 g/mol. The average Bonchev–Trinajstić information content (AvgIpc) is 2.94. The molecular formula is C30H34O12S2. The molecule has 0 aliphatic heterocycles. The lowest BCUT2D eigenvalue weighted by Crippen LogP contribution is -2.14. The molecule has 14 heteroatoms. The first-order valence-corrected chi connectivity index (χ1v) is 16.6. The first-order chi connectivity index (χ1) is 20.7. The first kappa shape index (κ1) is 34.1. The highest BCUT2D eigenvalue weighted by atomic mass is 32.2. The number of benzene rings is 3. The minimum Gasteiger partial charge on any atom is -0.496 e. The second kappa shape index (κ2) is 14.4. The van der Waals surface area contributed by atoms with E-state index in [1.165, 1.54) is 39.5 Å². The zero-order valence-electron chi connectivity index (χ0n) is 25.3. The molecule has 0 atom stereocenters. The molecule has 0 unspecified atom stereocenters. The molecule has 0 bridgehead atoms. The Morgan fingerprint density at radius 1 is 0.727 bits per heavy atom. The summed E-state index contributed by atoms with van der Waals surface area (Å²) in [5.41, 5.74) is 2.74. The Morgan fingerprint density at radius 3 is 1.91 bits per heavy atom. The minimum atomic E-state index is -3.95. The molecule has 0 N–H and O–H groups in total. The average molecular weight is 651 g/mol. The third-order valence-electron chi connectivity index (χ3n) is 5.80. The lowest BCUT2D eigenvalue weighted by Gasteiger charge is -2.22. The van der Waals surface area contributed by atoms with Crippen molar-refractivity contribution in [1.29, 1.82) is 0 Å². The van der Waals surface area contributed by atoms with Gasteiger partial charge < -0.3 is 32.1 Å². The topological polar surface area (TPSA) is 150 Å². The van der Waals surface area contributed by atoms with Gasteiger partial charge in [-0.3, -0.25) is 0 Å². The van der Waals surface area contributed by atoms with Crippen molar-refractivity contribution in [2.45, 2.75) is 13.8 Å². The lowest BCUT2D eigenvalue weighted by molar-refractivity contribution is -0.142. The summed E-state index contributed by atoms with van der Waals surface area (Å²) in [5, 5.41) is 0. The fourth-order valence-electron chi connectivity index (χ4n) is 3.97. The summed E-state index contributed by atoms with van der Waals surface area (Å²) in [4.78, 5) is 12.1. The van der Waals surface area contributed by atoms with Gasteiger partial charge in [0.15, 0.2) is 29.6 Å². The van der Waals surface area contributed by atoms with Gasteiger partial charge in [0.25, 0.3) is 0 Å². The van der Waals surface area contributed by atoms with Crippen LogP contribution in [0.5, 0.6) is 34.5 Å². The van der Waals surface area contributed by atoms with Gasteiger partial charge in [-0.1, -0.05) is 23.8 Å². The second-order valence-electron chi connectivity index (χ2n) is 9.58. The maximum Gasteiger partial charge on any atom is 0.343 e. The van der Waals surface area contributed by atoms with E-state index < -0.39 is 32.8 Å². The van der Waals surface area contributed by atoms with E-state index in [2.05, 4.69) is 0 Å². The highest BCUT2D eigenvalue weighted by Gasteiger charge is 2.26. The van der Waals surface area contributed by atoms with Crippen molar-refractivity contribution in [1.82, 2.24) is 0 Å². The Kier molecular flexibility index (Phi) is 11.1. The van der Waals surface area contributed by atoms with Gasteiger partial charge in [0.2, 0.25) is 0 Å². The van der Waals surface area contributed by atoms with E-state index in [-0.39, 0.29) is 41.1 Å². The fraction of sp³-hybridized carbons (Fsp3) is 0.300. The molecule has 0 heterocycles. The molecule has 0 amide bonds. The van der Waals surface area contributed by atoms with E-state index in [4.69, 9.17) is 32.1 Å². The summed E-state index contributed by atoms with van der Waals surface area (Å²) in [6.45, 7) is 3.48. The van der Waals surface area contributed by atoms with Crippen molar-refractivity contribution < 1.29 is 53.7 Å².